The zero-order chi connectivity index (χ0) is 20.4. The van der Waals surface area contributed by atoms with Gasteiger partial charge in [0.05, 0.1) is 31.6 Å². The molecule has 1 fully saturated rings. The first-order valence-electron chi connectivity index (χ1n) is 9.84. The molecule has 2 rings (SSSR count). The number of carbonyl (C=O) groups is 2. The first kappa shape index (κ1) is 22.3. The summed E-state index contributed by atoms with van der Waals surface area (Å²) < 4.78 is 5.87. The summed E-state index contributed by atoms with van der Waals surface area (Å²) in [6, 6.07) is 3.38. The van der Waals surface area contributed by atoms with Crippen molar-refractivity contribution in [3.8, 4) is 0 Å². The first-order valence-corrected chi connectivity index (χ1v) is 9.84. The summed E-state index contributed by atoms with van der Waals surface area (Å²) in [7, 11) is 4.00. The van der Waals surface area contributed by atoms with E-state index >= 15 is 0 Å². The van der Waals surface area contributed by atoms with Crippen molar-refractivity contribution in [2.24, 2.45) is 0 Å². The number of hydrogen-bond donors (Lipinski definition) is 3. The number of nitrogens with zero attached hydrogens (tertiary/aromatic N) is 2. The molecular formula is C20H32N4O4. The van der Waals surface area contributed by atoms with Crippen LogP contribution >= 0.6 is 0 Å². The third kappa shape index (κ3) is 7.92. The molecule has 0 radical (unpaired) electrons. The lowest BCUT2D eigenvalue weighted by atomic mass is 9.96. The van der Waals surface area contributed by atoms with E-state index in [1.165, 1.54) is 0 Å². The normalized spacial score (nSPS) is 22.1. The second-order valence-electron chi connectivity index (χ2n) is 7.48. The second kappa shape index (κ2) is 11.7. The predicted molar refractivity (Wildman–Crippen MR) is 106 cm³/mol. The largest absolute Gasteiger partial charge is 0.394 e. The summed E-state index contributed by atoms with van der Waals surface area (Å²) in [6.45, 7) is 1.37. The van der Waals surface area contributed by atoms with Gasteiger partial charge in [-0.15, -0.1) is 0 Å². The summed E-state index contributed by atoms with van der Waals surface area (Å²) >= 11 is 0. The molecule has 8 heteroatoms. The molecule has 1 saturated heterocycles. The average molecular weight is 393 g/mol. The van der Waals surface area contributed by atoms with E-state index in [9.17, 15) is 14.7 Å². The van der Waals surface area contributed by atoms with E-state index in [4.69, 9.17) is 4.74 Å². The zero-order valence-electron chi connectivity index (χ0n) is 16.8. The summed E-state index contributed by atoms with van der Waals surface area (Å²) in [5.74, 6) is -0.170. The summed E-state index contributed by atoms with van der Waals surface area (Å²) in [6.07, 6.45) is 5.33. The Labute approximate surface area is 166 Å². The third-order valence-electron chi connectivity index (χ3n) is 4.75. The van der Waals surface area contributed by atoms with Crippen molar-refractivity contribution < 1.29 is 19.4 Å². The van der Waals surface area contributed by atoms with Crippen molar-refractivity contribution >= 4 is 11.8 Å². The van der Waals surface area contributed by atoms with E-state index in [-0.39, 0.29) is 43.4 Å². The molecule has 0 unspecified atom stereocenters. The van der Waals surface area contributed by atoms with Crippen LogP contribution in [0.3, 0.4) is 0 Å². The monoisotopic (exact) mass is 392 g/mol. The fourth-order valence-corrected chi connectivity index (χ4v) is 3.29. The SMILES string of the molecule is CN(C)CCCNC(=O)C[C@H]1CC[C@@H](NC(=O)Cc2cccnc2)[C@H](CO)O1. The maximum atomic E-state index is 12.3. The number of nitrogens with one attached hydrogen (secondary N) is 2. The Morgan fingerprint density at radius 1 is 1.32 bits per heavy atom. The van der Waals surface area contributed by atoms with Crippen LogP contribution in [0.1, 0.15) is 31.2 Å². The molecule has 28 heavy (non-hydrogen) atoms. The van der Waals surface area contributed by atoms with Crippen LogP contribution in [0.2, 0.25) is 0 Å². The lowest BCUT2D eigenvalue weighted by molar-refractivity contribution is -0.135. The molecule has 156 valence electrons. The summed E-state index contributed by atoms with van der Waals surface area (Å²) in [5, 5.41) is 15.5. The van der Waals surface area contributed by atoms with Crippen LogP contribution in [0.25, 0.3) is 0 Å². The Hall–Kier alpha value is -2.03. The van der Waals surface area contributed by atoms with Crippen LogP contribution in [0.5, 0.6) is 0 Å². The smallest absolute Gasteiger partial charge is 0.224 e. The quantitative estimate of drug-likeness (QED) is 0.488. The number of aliphatic hydroxyl groups is 1. The van der Waals surface area contributed by atoms with Gasteiger partial charge in [-0.2, -0.15) is 0 Å². The molecule has 1 aliphatic heterocycles. The molecule has 2 amide bonds. The third-order valence-corrected chi connectivity index (χ3v) is 4.75. The molecule has 1 aromatic heterocycles. The Kier molecular flexibility index (Phi) is 9.33. The topological polar surface area (TPSA) is 104 Å². The van der Waals surface area contributed by atoms with Crippen molar-refractivity contribution in [2.75, 3.05) is 33.8 Å². The standard InChI is InChI=1S/C20H32N4O4/c1-24(2)10-4-9-22-19(26)12-16-6-7-17(18(14-25)28-16)23-20(27)11-15-5-3-8-21-13-15/h3,5,8,13,16-18,25H,4,6-7,9-12,14H2,1-2H3,(H,22,26)(H,23,27)/t16-,17-,18+/m1/s1. The number of hydrogen-bond acceptors (Lipinski definition) is 6. The van der Waals surface area contributed by atoms with Gasteiger partial charge in [-0.1, -0.05) is 6.07 Å². The highest BCUT2D eigenvalue weighted by Crippen LogP contribution is 2.22. The van der Waals surface area contributed by atoms with E-state index < -0.39 is 6.10 Å². The van der Waals surface area contributed by atoms with E-state index in [1.54, 1.807) is 18.5 Å². The van der Waals surface area contributed by atoms with Gasteiger partial charge in [0.2, 0.25) is 11.8 Å². The van der Waals surface area contributed by atoms with Gasteiger partial charge in [0.25, 0.3) is 0 Å². The molecule has 0 aromatic carbocycles. The van der Waals surface area contributed by atoms with Crippen LogP contribution in [0.4, 0.5) is 0 Å². The number of amides is 2. The Bertz CT molecular complexity index is 611. The molecule has 0 aliphatic carbocycles. The van der Waals surface area contributed by atoms with Crippen LogP contribution in [0.15, 0.2) is 24.5 Å². The fraction of sp³-hybridized carbons (Fsp3) is 0.650. The maximum absolute atomic E-state index is 12.3. The molecular weight excluding hydrogens is 360 g/mol. The van der Waals surface area contributed by atoms with Gasteiger partial charge in [0.1, 0.15) is 6.10 Å². The highest BCUT2D eigenvalue weighted by atomic mass is 16.5. The Balaban J connectivity index is 1.73. The van der Waals surface area contributed by atoms with E-state index in [0.29, 0.717) is 19.4 Å². The van der Waals surface area contributed by atoms with Crippen LogP contribution < -0.4 is 10.6 Å². The number of ether oxygens (including phenoxy) is 1. The summed E-state index contributed by atoms with van der Waals surface area (Å²) in [4.78, 5) is 30.4. The number of pyridine rings is 1. The molecule has 1 aliphatic rings. The Morgan fingerprint density at radius 3 is 2.82 bits per heavy atom. The van der Waals surface area contributed by atoms with Gasteiger partial charge in [-0.05, 0) is 51.5 Å². The van der Waals surface area contributed by atoms with Gasteiger partial charge < -0.3 is 25.4 Å². The van der Waals surface area contributed by atoms with Gasteiger partial charge >= 0.3 is 0 Å². The van der Waals surface area contributed by atoms with E-state index in [0.717, 1.165) is 18.5 Å². The molecule has 3 N–H and O–H groups in total. The minimum Gasteiger partial charge on any atom is -0.394 e. The van der Waals surface area contributed by atoms with Crippen LogP contribution in [-0.4, -0.2) is 78.8 Å². The minimum absolute atomic E-state index is 0.0421. The van der Waals surface area contributed by atoms with Gasteiger partial charge in [0.15, 0.2) is 0 Å². The number of rotatable bonds is 10. The second-order valence-corrected chi connectivity index (χ2v) is 7.48. The highest BCUT2D eigenvalue weighted by molar-refractivity contribution is 5.79. The number of carbonyl (C=O) groups excluding carboxylic acids is 2. The number of aliphatic hydroxyl groups excluding tert-OH is 1. The Morgan fingerprint density at radius 2 is 2.14 bits per heavy atom. The first-order chi connectivity index (χ1) is 13.5. The van der Waals surface area contributed by atoms with Gasteiger partial charge in [-0.3, -0.25) is 14.6 Å². The van der Waals surface area contributed by atoms with Gasteiger partial charge in [0, 0.05) is 18.9 Å². The number of aromatic nitrogens is 1. The minimum atomic E-state index is -0.502. The molecule has 0 bridgehead atoms. The van der Waals surface area contributed by atoms with Crippen LogP contribution in [-0.2, 0) is 20.7 Å². The van der Waals surface area contributed by atoms with Crippen molar-refractivity contribution in [1.82, 2.24) is 20.5 Å². The van der Waals surface area contributed by atoms with Crippen molar-refractivity contribution in [3.05, 3.63) is 30.1 Å². The van der Waals surface area contributed by atoms with Crippen LogP contribution in [0, 0.1) is 0 Å². The molecule has 3 atom stereocenters. The lowest BCUT2D eigenvalue weighted by Crippen LogP contribution is -2.51. The average Bonchev–Trinajstić information content (AvgIpc) is 2.67. The lowest BCUT2D eigenvalue weighted by Gasteiger charge is -2.36. The molecule has 0 saturated carbocycles. The van der Waals surface area contributed by atoms with E-state index in [1.807, 2.05) is 20.2 Å². The van der Waals surface area contributed by atoms with Crippen molar-refractivity contribution in [1.29, 1.82) is 0 Å². The highest BCUT2D eigenvalue weighted by Gasteiger charge is 2.32. The summed E-state index contributed by atoms with van der Waals surface area (Å²) in [5.41, 5.74) is 0.834. The molecule has 1 aromatic rings. The molecule has 0 spiro atoms. The zero-order valence-corrected chi connectivity index (χ0v) is 16.8. The van der Waals surface area contributed by atoms with Crippen molar-refractivity contribution in [3.63, 3.8) is 0 Å². The van der Waals surface area contributed by atoms with Crippen molar-refractivity contribution in [2.45, 2.75) is 50.4 Å². The van der Waals surface area contributed by atoms with E-state index in [2.05, 4.69) is 20.5 Å². The maximum Gasteiger partial charge on any atom is 0.224 e. The predicted octanol–water partition coefficient (Wildman–Crippen LogP) is 0.107. The molecule has 8 nitrogen and oxygen atoms in total. The molecule has 2 heterocycles. The fourth-order valence-electron chi connectivity index (χ4n) is 3.29. The van der Waals surface area contributed by atoms with Gasteiger partial charge in [-0.25, -0.2) is 0 Å².